The van der Waals surface area contributed by atoms with Gasteiger partial charge in [0.2, 0.25) is 0 Å². The molecule has 0 aliphatic heterocycles. The van der Waals surface area contributed by atoms with Gasteiger partial charge in [-0.2, -0.15) is 0 Å². The lowest BCUT2D eigenvalue weighted by atomic mass is 10.1. The summed E-state index contributed by atoms with van der Waals surface area (Å²) in [5, 5.41) is 2.88. The van der Waals surface area contributed by atoms with Crippen molar-refractivity contribution in [2.45, 2.75) is 25.9 Å². The van der Waals surface area contributed by atoms with Gasteiger partial charge in [0.05, 0.1) is 0 Å². The molecule has 0 saturated heterocycles. The molecule has 31 heavy (non-hydrogen) atoms. The van der Waals surface area contributed by atoms with Crippen LogP contribution in [0.2, 0.25) is 0 Å². The Hall–Kier alpha value is -3.79. The van der Waals surface area contributed by atoms with Gasteiger partial charge in [0.1, 0.15) is 18.1 Å². The van der Waals surface area contributed by atoms with Crippen LogP contribution in [0, 0.1) is 0 Å². The number of carbonyl (C=O) groups excluding carboxylic acids is 1. The number of hydrogen-bond acceptors (Lipinski definition) is 3. The van der Waals surface area contributed by atoms with Crippen molar-refractivity contribution in [2.75, 3.05) is 5.32 Å². The van der Waals surface area contributed by atoms with Crippen LogP contribution in [0.5, 0.6) is 5.75 Å². The van der Waals surface area contributed by atoms with E-state index in [-0.39, 0.29) is 18.3 Å². The second kappa shape index (κ2) is 8.52. The van der Waals surface area contributed by atoms with Gasteiger partial charge in [0.25, 0.3) is 5.91 Å². The summed E-state index contributed by atoms with van der Waals surface area (Å²) < 4.78 is 11.5. The molecular weight excluding hydrogens is 386 g/mol. The molecule has 4 heteroatoms. The average molecular weight is 409 g/mol. The van der Waals surface area contributed by atoms with Crippen LogP contribution in [0.3, 0.4) is 0 Å². The summed E-state index contributed by atoms with van der Waals surface area (Å²) in [5.74, 6) is 1.43. The van der Waals surface area contributed by atoms with E-state index in [4.69, 9.17) is 9.15 Å². The van der Waals surface area contributed by atoms with Crippen molar-refractivity contribution in [1.82, 2.24) is 0 Å². The lowest BCUT2D eigenvalue weighted by molar-refractivity contribution is 0.0992. The Bertz CT molecular complexity index is 1190. The minimum absolute atomic E-state index is 0.264. The predicted molar refractivity (Wildman–Crippen MR) is 121 cm³/mol. The summed E-state index contributed by atoms with van der Waals surface area (Å²) in [6, 6.07) is 27.6. The highest BCUT2D eigenvalue weighted by Gasteiger charge is 2.14. The monoisotopic (exact) mass is 409 g/mol. The zero-order valence-electron chi connectivity index (χ0n) is 17.1. The van der Waals surface area contributed by atoms with Crippen molar-refractivity contribution in [3.05, 3.63) is 108 Å². The number of rotatable bonds is 6. The number of anilines is 1. The summed E-state index contributed by atoms with van der Waals surface area (Å²) in [6.45, 7) is 0.290. The van der Waals surface area contributed by atoms with Crippen molar-refractivity contribution >= 4 is 11.6 Å². The molecule has 1 heterocycles. The Balaban J connectivity index is 1.19. The molecule has 4 nitrogen and oxygen atoms in total. The highest BCUT2D eigenvalue weighted by Crippen LogP contribution is 2.27. The maximum atomic E-state index is 12.5. The number of nitrogens with one attached hydrogen (secondary N) is 1. The molecule has 0 spiro atoms. The Morgan fingerprint density at radius 3 is 2.45 bits per heavy atom. The number of ether oxygens (including phenoxy) is 1. The van der Waals surface area contributed by atoms with Crippen LogP contribution in [0.1, 0.15) is 33.9 Å². The first-order chi connectivity index (χ1) is 15.2. The molecule has 154 valence electrons. The van der Waals surface area contributed by atoms with Crippen molar-refractivity contribution in [3.63, 3.8) is 0 Å². The molecule has 1 aliphatic carbocycles. The number of aryl methyl sites for hydroxylation is 2. The average Bonchev–Trinajstić information content (AvgIpc) is 3.48. The van der Waals surface area contributed by atoms with E-state index in [2.05, 4.69) is 29.6 Å². The normalized spacial score (nSPS) is 12.4. The summed E-state index contributed by atoms with van der Waals surface area (Å²) in [6.07, 6.45) is 3.48. The van der Waals surface area contributed by atoms with Gasteiger partial charge in [0.15, 0.2) is 5.76 Å². The molecule has 1 amide bonds. The second-order valence-corrected chi connectivity index (χ2v) is 7.74. The third-order valence-electron chi connectivity index (χ3n) is 5.59. The van der Waals surface area contributed by atoms with E-state index in [0.29, 0.717) is 5.76 Å². The molecule has 3 aromatic carbocycles. The minimum atomic E-state index is -0.281. The summed E-state index contributed by atoms with van der Waals surface area (Å²) in [5.41, 5.74) is 5.75. The molecule has 0 atom stereocenters. The SMILES string of the molecule is O=C(Nc1ccc(-c2ccccc2)cc1)c1ccc(COc2ccc3c(c2)CCC3)o1. The molecule has 0 radical (unpaired) electrons. The van der Waals surface area contributed by atoms with Crippen LogP contribution in [-0.4, -0.2) is 5.91 Å². The van der Waals surface area contributed by atoms with Crippen LogP contribution in [0.15, 0.2) is 89.3 Å². The Morgan fingerprint density at radius 1 is 0.839 bits per heavy atom. The van der Waals surface area contributed by atoms with E-state index < -0.39 is 0 Å². The number of furan rings is 1. The van der Waals surface area contributed by atoms with Gasteiger partial charge in [0, 0.05) is 5.69 Å². The van der Waals surface area contributed by atoms with Crippen molar-refractivity contribution in [1.29, 1.82) is 0 Å². The van der Waals surface area contributed by atoms with E-state index in [0.717, 1.165) is 35.4 Å². The molecule has 1 aliphatic rings. The Kier molecular flexibility index (Phi) is 5.28. The third kappa shape index (κ3) is 4.38. The molecular formula is C27H23NO3. The quantitative estimate of drug-likeness (QED) is 0.408. The van der Waals surface area contributed by atoms with E-state index in [9.17, 15) is 4.79 Å². The molecule has 4 aromatic rings. The highest BCUT2D eigenvalue weighted by atomic mass is 16.5. The number of fused-ring (bicyclic) bond motifs is 1. The van der Waals surface area contributed by atoms with Crippen molar-refractivity contribution < 1.29 is 13.9 Å². The standard InChI is InChI=1S/C27H23NO3/c29-27(28-23-12-9-21(10-13-23)19-5-2-1-3-6-19)26-16-15-25(31-26)18-30-24-14-11-20-7-4-8-22(20)17-24/h1-3,5-6,9-17H,4,7-8,18H2,(H,28,29). The Labute approximate surface area is 181 Å². The maximum absolute atomic E-state index is 12.5. The fraction of sp³-hybridized carbons (Fsp3) is 0.148. The first kappa shape index (κ1) is 19.2. The van der Waals surface area contributed by atoms with Crippen LogP contribution in [0.25, 0.3) is 11.1 Å². The van der Waals surface area contributed by atoms with Gasteiger partial charge in [-0.3, -0.25) is 4.79 Å². The summed E-state index contributed by atoms with van der Waals surface area (Å²) in [7, 11) is 0. The summed E-state index contributed by atoms with van der Waals surface area (Å²) in [4.78, 5) is 12.5. The molecule has 5 rings (SSSR count). The molecule has 0 bridgehead atoms. The van der Waals surface area contributed by atoms with Crippen LogP contribution in [0.4, 0.5) is 5.69 Å². The van der Waals surface area contributed by atoms with Crippen molar-refractivity contribution in [3.8, 4) is 16.9 Å². The first-order valence-corrected chi connectivity index (χ1v) is 10.5. The minimum Gasteiger partial charge on any atom is -0.486 e. The molecule has 0 unspecified atom stereocenters. The van der Waals surface area contributed by atoms with E-state index in [1.807, 2.05) is 48.5 Å². The van der Waals surface area contributed by atoms with Crippen molar-refractivity contribution in [2.24, 2.45) is 0 Å². The Morgan fingerprint density at radius 2 is 1.61 bits per heavy atom. The molecule has 1 N–H and O–H groups in total. The van der Waals surface area contributed by atoms with Gasteiger partial charge in [-0.15, -0.1) is 0 Å². The molecule has 1 aromatic heterocycles. The van der Waals surface area contributed by atoms with Gasteiger partial charge in [-0.05, 0) is 77.9 Å². The van der Waals surface area contributed by atoms with Crippen LogP contribution in [-0.2, 0) is 19.4 Å². The second-order valence-electron chi connectivity index (χ2n) is 7.74. The van der Waals surface area contributed by atoms with E-state index in [1.165, 1.54) is 17.5 Å². The number of benzene rings is 3. The van der Waals surface area contributed by atoms with E-state index >= 15 is 0 Å². The highest BCUT2D eigenvalue weighted by molar-refractivity contribution is 6.02. The topological polar surface area (TPSA) is 51.5 Å². The van der Waals surface area contributed by atoms with Gasteiger partial charge >= 0.3 is 0 Å². The van der Waals surface area contributed by atoms with Gasteiger partial charge < -0.3 is 14.5 Å². The fourth-order valence-corrected chi connectivity index (χ4v) is 3.94. The summed E-state index contributed by atoms with van der Waals surface area (Å²) >= 11 is 0. The van der Waals surface area contributed by atoms with Crippen LogP contribution < -0.4 is 10.1 Å². The van der Waals surface area contributed by atoms with E-state index in [1.54, 1.807) is 12.1 Å². The largest absolute Gasteiger partial charge is 0.486 e. The zero-order valence-corrected chi connectivity index (χ0v) is 17.1. The van der Waals surface area contributed by atoms with Gasteiger partial charge in [-0.25, -0.2) is 0 Å². The van der Waals surface area contributed by atoms with Gasteiger partial charge in [-0.1, -0.05) is 48.5 Å². The lowest BCUT2D eigenvalue weighted by Gasteiger charge is -2.07. The number of hydrogen-bond donors (Lipinski definition) is 1. The lowest BCUT2D eigenvalue weighted by Crippen LogP contribution is -2.10. The zero-order chi connectivity index (χ0) is 21.0. The van der Waals surface area contributed by atoms with Crippen LogP contribution >= 0.6 is 0 Å². The predicted octanol–water partition coefficient (Wildman–Crippen LogP) is 6.27. The molecule has 0 fully saturated rings. The third-order valence-corrected chi connectivity index (χ3v) is 5.59. The first-order valence-electron chi connectivity index (χ1n) is 10.5. The maximum Gasteiger partial charge on any atom is 0.291 e. The smallest absolute Gasteiger partial charge is 0.291 e. The number of carbonyl (C=O) groups is 1. The molecule has 0 saturated carbocycles. The fourth-order valence-electron chi connectivity index (χ4n) is 3.94. The number of amides is 1.